The van der Waals surface area contributed by atoms with Gasteiger partial charge in [-0.1, -0.05) is 12.1 Å². The number of aromatic nitrogens is 2. The number of hydrogen-bond acceptors (Lipinski definition) is 4. The molecule has 4 fully saturated rings. The first-order chi connectivity index (χ1) is 15.2. The molecule has 6 nitrogen and oxygen atoms in total. The van der Waals surface area contributed by atoms with Crippen molar-refractivity contribution in [3.63, 3.8) is 0 Å². The Morgan fingerprint density at radius 1 is 1.00 bits per heavy atom. The molecule has 1 spiro atoms. The summed E-state index contributed by atoms with van der Waals surface area (Å²) in [7, 11) is 0. The van der Waals surface area contributed by atoms with Crippen LogP contribution in [0.4, 0.5) is 0 Å². The number of para-hydroxylation sites is 2. The molecule has 2 bridgehead atoms. The number of rotatable bonds is 6. The van der Waals surface area contributed by atoms with Gasteiger partial charge in [0.15, 0.2) is 0 Å². The molecular formula is C25H35N3O3. The van der Waals surface area contributed by atoms with E-state index in [0.29, 0.717) is 5.41 Å². The average molecular weight is 426 g/mol. The summed E-state index contributed by atoms with van der Waals surface area (Å²) >= 11 is 0. The van der Waals surface area contributed by atoms with Gasteiger partial charge in [-0.25, -0.2) is 4.79 Å². The van der Waals surface area contributed by atoms with Gasteiger partial charge in [0.1, 0.15) is 0 Å². The number of hydrogen-bond donors (Lipinski definition) is 2. The quantitative estimate of drug-likeness (QED) is 0.747. The number of aliphatic hydroxyl groups excluding tert-OH is 2. The Bertz CT molecular complexity index is 1010. The second-order valence-corrected chi connectivity index (χ2v) is 10.7. The standard InChI is InChI=1S/C25H35N3O3/c29-15-20(16-30)28-23-4-2-1-3-22(23)27(24(28)31)19-7-11-26(12-8-19)14-21-17-5-6-18(13-17)25(21)9-10-25/h1-4,17-21,29-30H,5-16H2/t17-,18-,21+/m1/s1. The second-order valence-electron chi connectivity index (χ2n) is 10.7. The third-order valence-electron chi connectivity index (χ3n) is 9.40. The molecule has 168 valence electrons. The van der Waals surface area contributed by atoms with Crippen LogP contribution in [0.3, 0.4) is 0 Å². The predicted molar refractivity (Wildman–Crippen MR) is 120 cm³/mol. The summed E-state index contributed by atoms with van der Waals surface area (Å²) in [6, 6.07) is 7.39. The van der Waals surface area contributed by atoms with Crippen LogP contribution in [0.15, 0.2) is 29.1 Å². The van der Waals surface area contributed by atoms with Crippen LogP contribution >= 0.6 is 0 Å². The molecule has 2 heterocycles. The minimum absolute atomic E-state index is 0.0993. The van der Waals surface area contributed by atoms with E-state index in [4.69, 9.17) is 0 Å². The summed E-state index contributed by atoms with van der Waals surface area (Å²) in [6.07, 6.45) is 9.36. The summed E-state index contributed by atoms with van der Waals surface area (Å²) in [4.78, 5) is 16.1. The van der Waals surface area contributed by atoms with Gasteiger partial charge < -0.3 is 15.1 Å². The maximum atomic E-state index is 13.4. The normalized spacial score (nSPS) is 30.2. The smallest absolute Gasteiger partial charge is 0.329 e. The highest BCUT2D eigenvalue weighted by atomic mass is 16.3. The molecule has 1 aromatic carbocycles. The van der Waals surface area contributed by atoms with Gasteiger partial charge in [-0.05, 0) is 80.2 Å². The minimum atomic E-state index is -0.591. The van der Waals surface area contributed by atoms with Crippen LogP contribution in [0.5, 0.6) is 0 Å². The number of piperidine rings is 1. The van der Waals surface area contributed by atoms with E-state index < -0.39 is 6.04 Å². The first-order valence-corrected chi connectivity index (χ1v) is 12.3. The van der Waals surface area contributed by atoms with Gasteiger partial charge in [-0.3, -0.25) is 9.13 Å². The zero-order chi connectivity index (χ0) is 21.2. The van der Waals surface area contributed by atoms with E-state index in [1.807, 2.05) is 28.8 Å². The molecule has 0 radical (unpaired) electrons. The molecule has 31 heavy (non-hydrogen) atoms. The van der Waals surface area contributed by atoms with Crippen molar-refractivity contribution < 1.29 is 10.2 Å². The van der Waals surface area contributed by atoms with Crippen molar-refractivity contribution >= 4 is 11.0 Å². The fourth-order valence-electron chi connectivity index (χ4n) is 7.69. The van der Waals surface area contributed by atoms with Crippen molar-refractivity contribution in [2.75, 3.05) is 32.8 Å². The maximum Gasteiger partial charge on any atom is 0.329 e. The fourth-order valence-corrected chi connectivity index (χ4v) is 7.69. The predicted octanol–water partition coefficient (Wildman–Crippen LogP) is 2.79. The van der Waals surface area contributed by atoms with Crippen LogP contribution in [0.1, 0.15) is 57.0 Å². The van der Waals surface area contributed by atoms with Crippen molar-refractivity contribution in [3.8, 4) is 0 Å². The first-order valence-electron chi connectivity index (χ1n) is 12.3. The summed E-state index contributed by atoms with van der Waals surface area (Å²) in [5, 5.41) is 19.4. The monoisotopic (exact) mass is 425 g/mol. The Labute approximate surface area is 183 Å². The lowest BCUT2D eigenvalue weighted by Gasteiger charge is -2.39. The molecule has 1 saturated heterocycles. The van der Waals surface area contributed by atoms with E-state index in [2.05, 4.69) is 4.90 Å². The number of imidazole rings is 1. The minimum Gasteiger partial charge on any atom is -0.394 e. The number of benzene rings is 1. The number of likely N-dealkylation sites (tertiary alicyclic amines) is 1. The highest BCUT2D eigenvalue weighted by Gasteiger charge is 2.63. The number of nitrogens with zero attached hydrogens (tertiary/aromatic N) is 3. The molecule has 6 heteroatoms. The molecule has 1 aliphatic heterocycles. The van der Waals surface area contributed by atoms with Crippen molar-refractivity contribution in [1.29, 1.82) is 0 Å². The van der Waals surface area contributed by atoms with Gasteiger partial charge in [0.05, 0.1) is 30.3 Å². The summed E-state index contributed by atoms with van der Waals surface area (Å²) in [6.45, 7) is 2.90. The van der Waals surface area contributed by atoms with Gasteiger partial charge in [0.25, 0.3) is 0 Å². The molecule has 6 rings (SSSR count). The van der Waals surface area contributed by atoms with Gasteiger partial charge >= 0.3 is 5.69 Å². The maximum absolute atomic E-state index is 13.4. The molecule has 0 amide bonds. The Kier molecular flexibility index (Phi) is 4.82. The molecule has 3 aliphatic carbocycles. The zero-order valence-electron chi connectivity index (χ0n) is 18.3. The van der Waals surface area contributed by atoms with Crippen LogP contribution in [0, 0.1) is 23.2 Å². The van der Waals surface area contributed by atoms with Gasteiger partial charge in [-0.2, -0.15) is 0 Å². The molecule has 4 aliphatic rings. The van der Waals surface area contributed by atoms with Crippen molar-refractivity contribution in [2.24, 2.45) is 23.2 Å². The molecule has 0 unspecified atom stereocenters. The van der Waals surface area contributed by atoms with Crippen molar-refractivity contribution in [3.05, 3.63) is 34.7 Å². The largest absolute Gasteiger partial charge is 0.394 e. The summed E-state index contributed by atoms with van der Waals surface area (Å²) < 4.78 is 3.53. The summed E-state index contributed by atoms with van der Waals surface area (Å²) in [5.74, 6) is 2.91. The van der Waals surface area contributed by atoms with Crippen LogP contribution in [-0.4, -0.2) is 57.1 Å². The number of fused-ring (bicyclic) bond motifs is 4. The van der Waals surface area contributed by atoms with Crippen molar-refractivity contribution in [1.82, 2.24) is 14.0 Å². The Morgan fingerprint density at radius 3 is 2.39 bits per heavy atom. The average Bonchev–Trinajstić information content (AvgIpc) is 3.20. The van der Waals surface area contributed by atoms with Gasteiger partial charge in [-0.15, -0.1) is 0 Å². The third kappa shape index (κ3) is 2.98. The lowest BCUT2D eigenvalue weighted by Crippen LogP contribution is -2.43. The van der Waals surface area contributed by atoms with E-state index in [-0.39, 0.29) is 24.9 Å². The van der Waals surface area contributed by atoms with Crippen LogP contribution in [0.25, 0.3) is 11.0 Å². The van der Waals surface area contributed by atoms with E-state index in [9.17, 15) is 15.0 Å². The van der Waals surface area contributed by atoms with E-state index in [1.165, 1.54) is 38.6 Å². The number of aliphatic hydroxyl groups is 2. The molecule has 3 saturated carbocycles. The van der Waals surface area contributed by atoms with Crippen LogP contribution < -0.4 is 5.69 Å². The highest BCUT2D eigenvalue weighted by Crippen LogP contribution is 2.71. The Balaban J connectivity index is 1.21. The molecule has 1 aromatic heterocycles. The Morgan fingerprint density at radius 2 is 1.71 bits per heavy atom. The Hall–Kier alpha value is -1.63. The molecule has 2 N–H and O–H groups in total. The zero-order valence-corrected chi connectivity index (χ0v) is 18.3. The highest BCUT2D eigenvalue weighted by molar-refractivity contribution is 5.76. The summed E-state index contributed by atoms with van der Waals surface area (Å²) in [5.41, 5.74) is 2.34. The fraction of sp³-hybridized carbons (Fsp3) is 0.720. The van der Waals surface area contributed by atoms with E-state index >= 15 is 0 Å². The first kappa shape index (κ1) is 20.0. The van der Waals surface area contributed by atoms with E-state index in [0.717, 1.165) is 54.7 Å². The van der Waals surface area contributed by atoms with Crippen LogP contribution in [-0.2, 0) is 0 Å². The second kappa shape index (κ2) is 7.46. The van der Waals surface area contributed by atoms with Gasteiger partial charge in [0, 0.05) is 25.7 Å². The van der Waals surface area contributed by atoms with Crippen molar-refractivity contribution in [2.45, 2.75) is 57.0 Å². The molecule has 2 aromatic rings. The van der Waals surface area contributed by atoms with Gasteiger partial charge in [0.2, 0.25) is 0 Å². The van der Waals surface area contributed by atoms with E-state index in [1.54, 1.807) is 4.57 Å². The third-order valence-corrected chi connectivity index (χ3v) is 9.40. The lowest BCUT2D eigenvalue weighted by atomic mass is 9.76. The topological polar surface area (TPSA) is 70.6 Å². The molecular weight excluding hydrogens is 390 g/mol. The lowest BCUT2D eigenvalue weighted by molar-refractivity contribution is 0.100. The SMILES string of the molecule is O=c1n(C(CO)CO)c2ccccc2n1C1CCN(C[C@H]2[C@@H]3CC[C@H](C3)C23CC3)CC1. The molecule has 3 atom stereocenters. The van der Waals surface area contributed by atoms with Crippen LogP contribution in [0.2, 0.25) is 0 Å².